The average molecular weight is 309 g/mol. The fraction of sp³-hybridized carbons (Fsp3) is 0.588. The summed E-state index contributed by atoms with van der Waals surface area (Å²) >= 11 is 1.64. The molecule has 1 aromatic rings. The molecular weight excluding hydrogens is 282 g/mol. The van der Waals surface area contributed by atoms with Crippen molar-refractivity contribution in [3.8, 4) is 0 Å². The first-order valence-electron chi connectivity index (χ1n) is 7.91. The van der Waals surface area contributed by atoms with E-state index in [1.807, 2.05) is 12.1 Å². The summed E-state index contributed by atoms with van der Waals surface area (Å²) in [4.78, 5) is 12.0. The molecule has 0 aromatic heterocycles. The normalized spacial score (nSPS) is 10.7. The fourth-order valence-corrected chi connectivity index (χ4v) is 3.16. The minimum atomic E-state index is -0.841. The molecule has 4 heteroatoms. The summed E-state index contributed by atoms with van der Waals surface area (Å²) in [5.74, 6) is 0.133. The van der Waals surface area contributed by atoms with Crippen molar-refractivity contribution in [3.63, 3.8) is 0 Å². The van der Waals surface area contributed by atoms with E-state index in [1.54, 1.807) is 23.9 Å². The van der Waals surface area contributed by atoms with E-state index in [0.29, 0.717) is 5.56 Å². The number of carboxylic acid groups (broad SMARTS) is 1. The molecule has 118 valence electrons. The van der Waals surface area contributed by atoms with Gasteiger partial charge in [0.15, 0.2) is 0 Å². The SMILES string of the molecule is CCCCCCNCCCCSc1ccccc1C(=O)O. The average Bonchev–Trinajstić information content (AvgIpc) is 2.49. The summed E-state index contributed by atoms with van der Waals surface area (Å²) in [6, 6.07) is 7.23. The van der Waals surface area contributed by atoms with E-state index in [1.165, 1.54) is 25.7 Å². The Morgan fingerprint density at radius 2 is 1.81 bits per heavy atom. The molecule has 2 N–H and O–H groups in total. The monoisotopic (exact) mass is 309 g/mol. The number of rotatable bonds is 12. The third-order valence-corrected chi connectivity index (χ3v) is 4.49. The van der Waals surface area contributed by atoms with Crippen molar-refractivity contribution in [3.05, 3.63) is 29.8 Å². The molecule has 3 nitrogen and oxygen atoms in total. The Bertz CT molecular complexity index is 410. The van der Waals surface area contributed by atoms with Crippen molar-refractivity contribution < 1.29 is 9.90 Å². The van der Waals surface area contributed by atoms with Crippen molar-refractivity contribution >= 4 is 17.7 Å². The van der Waals surface area contributed by atoms with Crippen molar-refractivity contribution in [1.82, 2.24) is 5.32 Å². The molecule has 0 bridgehead atoms. The summed E-state index contributed by atoms with van der Waals surface area (Å²) < 4.78 is 0. The van der Waals surface area contributed by atoms with E-state index in [0.717, 1.165) is 36.6 Å². The highest BCUT2D eigenvalue weighted by Crippen LogP contribution is 2.23. The number of carbonyl (C=O) groups is 1. The Labute approximate surface area is 132 Å². The van der Waals surface area contributed by atoms with Crippen LogP contribution in [0.25, 0.3) is 0 Å². The number of carboxylic acids is 1. The van der Waals surface area contributed by atoms with Crippen LogP contribution in [0.2, 0.25) is 0 Å². The maximum absolute atomic E-state index is 11.1. The van der Waals surface area contributed by atoms with Gasteiger partial charge in [-0.15, -0.1) is 11.8 Å². The molecule has 0 spiro atoms. The smallest absolute Gasteiger partial charge is 0.336 e. The summed E-state index contributed by atoms with van der Waals surface area (Å²) in [5, 5.41) is 12.6. The van der Waals surface area contributed by atoms with Gasteiger partial charge in [0.25, 0.3) is 0 Å². The summed E-state index contributed by atoms with van der Waals surface area (Å²) in [7, 11) is 0. The highest BCUT2D eigenvalue weighted by atomic mass is 32.2. The van der Waals surface area contributed by atoms with Gasteiger partial charge in [-0.25, -0.2) is 4.79 Å². The van der Waals surface area contributed by atoms with Gasteiger partial charge in [0.2, 0.25) is 0 Å². The summed E-state index contributed by atoms with van der Waals surface area (Å²) in [6.45, 7) is 4.41. The Kier molecular flexibility index (Phi) is 10.0. The topological polar surface area (TPSA) is 49.3 Å². The second-order valence-electron chi connectivity index (χ2n) is 5.17. The first-order chi connectivity index (χ1) is 10.3. The van der Waals surface area contributed by atoms with Crippen LogP contribution in [0.5, 0.6) is 0 Å². The van der Waals surface area contributed by atoms with Crippen molar-refractivity contribution in [2.45, 2.75) is 50.3 Å². The first-order valence-corrected chi connectivity index (χ1v) is 8.90. The Hall–Kier alpha value is -1.00. The number of nitrogens with one attached hydrogen (secondary N) is 1. The number of aromatic carboxylic acids is 1. The zero-order valence-corrected chi connectivity index (χ0v) is 13.8. The predicted molar refractivity (Wildman–Crippen MR) is 90.4 cm³/mol. The maximum atomic E-state index is 11.1. The van der Waals surface area contributed by atoms with E-state index in [4.69, 9.17) is 5.11 Å². The summed E-state index contributed by atoms with van der Waals surface area (Å²) in [6.07, 6.45) is 7.48. The van der Waals surface area contributed by atoms with Crippen LogP contribution in [0.15, 0.2) is 29.2 Å². The van der Waals surface area contributed by atoms with E-state index < -0.39 is 5.97 Å². The summed E-state index contributed by atoms with van der Waals surface area (Å²) in [5.41, 5.74) is 0.413. The van der Waals surface area contributed by atoms with Gasteiger partial charge in [0, 0.05) is 4.90 Å². The molecule has 0 unspecified atom stereocenters. The minimum Gasteiger partial charge on any atom is -0.478 e. The molecule has 1 rings (SSSR count). The molecule has 0 radical (unpaired) electrons. The standard InChI is InChI=1S/C17H27NO2S/c1-2-3-4-7-12-18-13-8-9-14-21-16-11-6-5-10-15(16)17(19)20/h5-6,10-11,18H,2-4,7-9,12-14H2,1H3,(H,19,20). The van der Waals surface area contributed by atoms with Crippen LogP contribution in [-0.2, 0) is 0 Å². The Morgan fingerprint density at radius 1 is 1.10 bits per heavy atom. The van der Waals surface area contributed by atoms with E-state index in [2.05, 4.69) is 12.2 Å². The molecule has 0 aliphatic rings. The largest absolute Gasteiger partial charge is 0.478 e. The third-order valence-electron chi connectivity index (χ3n) is 3.33. The lowest BCUT2D eigenvalue weighted by atomic mass is 10.2. The third kappa shape index (κ3) is 8.12. The van der Waals surface area contributed by atoms with Gasteiger partial charge < -0.3 is 10.4 Å². The Morgan fingerprint density at radius 3 is 2.52 bits per heavy atom. The minimum absolute atomic E-state index is 0.413. The van der Waals surface area contributed by atoms with Gasteiger partial charge in [-0.3, -0.25) is 0 Å². The molecule has 0 aliphatic heterocycles. The van der Waals surface area contributed by atoms with Crippen LogP contribution in [0.1, 0.15) is 55.8 Å². The second kappa shape index (κ2) is 11.6. The number of hydrogen-bond donors (Lipinski definition) is 2. The van der Waals surface area contributed by atoms with Gasteiger partial charge in [-0.05, 0) is 50.2 Å². The van der Waals surface area contributed by atoms with Gasteiger partial charge in [0.1, 0.15) is 0 Å². The van der Waals surface area contributed by atoms with Gasteiger partial charge >= 0.3 is 5.97 Å². The molecule has 0 heterocycles. The zero-order valence-electron chi connectivity index (χ0n) is 12.9. The molecule has 0 aliphatic carbocycles. The van der Waals surface area contributed by atoms with E-state index >= 15 is 0 Å². The molecule has 21 heavy (non-hydrogen) atoms. The maximum Gasteiger partial charge on any atom is 0.336 e. The first kappa shape index (κ1) is 18.1. The highest BCUT2D eigenvalue weighted by Gasteiger charge is 2.08. The molecule has 0 saturated heterocycles. The lowest BCUT2D eigenvalue weighted by Gasteiger charge is -2.06. The van der Waals surface area contributed by atoms with Crippen LogP contribution in [-0.4, -0.2) is 29.9 Å². The fourth-order valence-electron chi connectivity index (χ4n) is 2.11. The van der Waals surface area contributed by atoms with Crippen LogP contribution in [0.3, 0.4) is 0 Å². The van der Waals surface area contributed by atoms with Gasteiger partial charge in [-0.1, -0.05) is 38.3 Å². The number of thioether (sulfide) groups is 1. The highest BCUT2D eigenvalue weighted by molar-refractivity contribution is 7.99. The quantitative estimate of drug-likeness (QED) is 0.443. The molecule has 0 amide bonds. The Balaban J connectivity index is 2.06. The molecule has 1 aromatic carbocycles. The van der Waals surface area contributed by atoms with Crippen LogP contribution < -0.4 is 5.32 Å². The van der Waals surface area contributed by atoms with Crippen molar-refractivity contribution in [2.24, 2.45) is 0 Å². The zero-order chi connectivity index (χ0) is 15.3. The van der Waals surface area contributed by atoms with E-state index in [9.17, 15) is 4.79 Å². The molecule has 0 fully saturated rings. The van der Waals surface area contributed by atoms with Gasteiger partial charge in [0.05, 0.1) is 5.56 Å². The van der Waals surface area contributed by atoms with Crippen LogP contribution in [0, 0.1) is 0 Å². The molecule has 0 saturated carbocycles. The van der Waals surface area contributed by atoms with Crippen molar-refractivity contribution in [2.75, 3.05) is 18.8 Å². The van der Waals surface area contributed by atoms with Crippen molar-refractivity contribution in [1.29, 1.82) is 0 Å². The second-order valence-corrected chi connectivity index (χ2v) is 6.30. The lowest BCUT2D eigenvalue weighted by molar-refractivity contribution is 0.0693. The van der Waals surface area contributed by atoms with Crippen LogP contribution in [0.4, 0.5) is 0 Å². The predicted octanol–water partition coefficient (Wildman–Crippen LogP) is 4.43. The lowest BCUT2D eigenvalue weighted by Crippen LogP contribution is -2.16. The number of benzene rings is 1. The number of hydrogen-bond acceptors (Lipinski definition) is 3. The van der Waals surface area contributed by atoms with Gasteiger partial charge in [-0.2, -0.15) is 0 Å². The van der Waals surface area contributed by atoms with Crippen LogP contribution >= 0.6 is 11.8 Å². The number of unbranched alkanes of at least 4 members (excludes halogenated alkanes) is 4. The molecular formula is C17H27NO2S. The van der Waals surface area contributed by atoms with E-state index in [-0.39, 0.29) is 0 Å². The molecule has 0 atom stereocenters.